The van der Waals surface area contributed by atoms with Crippen molar-refractivity contribution in [3.8, 4) is 5.75 Å². The summed E-state index contributed by atoms with van der Waals surface area (Å²) >= 11 is 0. The molecule has 1 fully saturated rings. The Morgan fingerprint density at radius 1 is 0.968 bits per heavy atom. The average Bonchev–Trinajstić information content (AvgIpc) is 2.78. The topological polar surface area (TPSA) is 59.1 Å². The lowest BCUT2D eigenvalue weighted by molar-refractivity contribution is -0.160. The van der Waals surface area contributed by atoms with Crippen molar-refractivity contribution in [2.75, 3.05) is 37.7 Å². The SMILES string of the molecule is Cc1ccc(C(C)C)cc1OCC(=O)O[C@H](C)C(=O)N1CCN(c2ccccc2)CC1. The summed E-state index contributed by atoms with van der Waals surface area (Å²) in [6, 6.07) is 16.1. The highest BCUT2D eigenvalue weighted by molar-refractivity contribution is 5.84. The molecule has 0 saturated carbocycles. The van der Waals surface area contributed by atoms with Crippen LogP contribution in [0.2, 0.25) is 0 Å². The molecule has 1 heterocycles. The zero-order chi connectivity index (χ0) is 22.4. The van der Waals surface area contributed by atoms with Gasteiger partial charge < -0.3 is 19.3 Å². The Bertz CT molecular complexity index is 890. The van der Waals surface area contributed by atoms with E-state index in [4.69, 9.17) is 9.47 Å². The Balaban J connectivity index is 1.46. The lowest BCUT2D eigenvalue weighted by Gasteiger charge is -2.37. The first-order valence-electron chi connectivity index (χ1n) is 10.9. The zero-order valence-electron chi connectivity index (χ0n) is 18.8. The highest BCUT2D eigenvalue weighted by atomic mass is 16.6. The minimum atomic E-state index is -0.831. The van der Waals surface area contributed by atoms with E-state index in [1.807, 2.05) is 37.3 Å². The van der Waals surface area contributed by atoms with Crippen LogP contribution in [0.15, 0.2) is 48.5 Å². The van der Waals surface area contributed by atoms with Crippen molar-refractivity contribution in [2.45, 2.75) is 39.7 Å². The van der Waals surface area contributed by atoms with Gasteiger partial charge >= 0.3 is 5.97 Å². The van der Waals surface area contributed by atoms with E-state index < -0.39 is 12.1 Å². The van der Waals surface area contributed by atoms with Crippen LogP contribution in [0, 0.1) is 6.92 Å². The average molecular weight is 425 g/mol. The lowest BCUT2D eigenvalue weighted by Crippen LogP contribution is -2.51. The van der Waals surface area contributed by atoms with Crippen LogP contribution in [0.1, 0.15) is 37.8 Å². The smallest absolute Gasteiger partial charge is 0.344 e. The van der Waals surface area contributed by atoms with Crippen LogP contribution in [-0.2, 0) is 14.3 Å². The van der Waals surface area contributed by atoms with Crippen LogP contribution < -0.4 is 9.64 Å². The summed E-state index contributed by atoms with van der Waals surface area (Å²) < 4.78 is 11.0. The third-order valence-corrected chi connectivity index (χ3v) is 5.59. The van der Waals surface area contributed by atoms with Gasteiger partial charge in [-0.05, 0) is 49.1 Å². The number of amides is 1. The molecule has 2 aromatic carbocycles. The molecule has 6 heteroatoms. The minimum Gasteiger partial charge on any atom is -0.482 e. The molecule has 2 aromatic rings. The molecular weight excluding hydrogens is 392 g/mol. The number of aryl methyl sites for hydroxylation is 1. The van der Waals surface area contributed by atoms with Gasteiger partial charge in [-0.25, -0.2) is 4.79 Å². The molecule has 3 rings (SSSR count). The molecule has 0 aromatic heterocycles. The van der Waals surface area contributed by atoms with Gasteiger partial charge in [-0.2, -0.15) is 0 Å². The van der Waals surface area contributed by atoms with Crippen LogP contribution in [0.3, 0.4) is 0 Å². The van der Waals surface area contributed by atoms with Gasteiger partial charge in [0.25, 0.3) is 5.91 Å². The second-order valence-corrected chi connectivity index (χ2v) is 8.25. The van der Waals surface area contributed by atoms with Gasteiger partial charge in [0, 0.05) is 31.9 Å². The number of benzene rings is 2. The molecule has 0 bridgehead atoms. The van der Waals surface area contributed by atoms with Gasteiger partial charge in [-0.1, -0.05) is 44.2 Å². The monoisotopic (exact) mass is 424 g/mol. The fourth-order valence-electron chi connectivity index (χ4n) is 3.63. The number of rotatable bonds is 7. The number of hydrogen-bond donors (Lipinski definition) is 0. The van der Waals surface area contributed by atoms with Crippen LogP contribution in [0.25, 0.3) is 0 Å². The summed E-state index contributed by atoms with van der Waals surface area (Å²) in [6.45, 7) is 10.3. The van der Waals surface area contributed by atoms with E-state index in [0.717, 1.165) is 29.9 Å². The number of carbonyl (C=O) groups is 2. The third-order valence-electron chi connectivity index (χ3n) is 5.59. The van der Waals surface area contributed by atoms with E-state index in [9.17, 15) is 9.59 Å². The maximum absolute atomic E-state index is 12.7. The number of anilines is 1. The molecule has 0 radical (unpaired) electrons. The van der Waals surface area contributed by atoms with Gasteiger partial charge in [-0.15, -0.1) is 0 Å². The largest absolute Gasteiger partial charge is 0.482 e. The number of esters is 1. The summed E-state index contributed by atoms with van der Waals surface area (Å²) in [4.78, 5) is 29.0. The van der Waals surface area contributed by atoms with Crippen LogP contribution >= 0.6 is 0 Å². The molecule has 0 spiro atoms. The van der Waals surface area contributed by atoms with Crippen molar-refractivity contribution in [3.63, 3.8) is 0 Å². The number of ether oxygens (including phenoxy) is 2. The Labute approximate surface area is 184 Å². The third kappa shape index (κ3) is 6.00. The van der Waals surface area contributed by atoms with Crippen molar-refractivity contribution in [2.24, 2.45) is 0 Å². The number of para-hydroxylation sites is 1. The second-order valence-electron chi connectivity index (χ2n) is 8.25. The Kier molecular flexibility index (Phi) is 7.55. The highest BCUT2D eigenvalue weighted by Gasteiger charge is 2.27. The summed E-state index contributed by atoms with van der Waals surface area (Å²) in [6.07, 6.45) is -0.831. The van der Waals surface area contributed by atoms with Crippen molar-refractivity contribution in [3.05, 3.63) is 59.7 Å². The first kappa shape index (κ1) is 22.7. The number of carbonyl (C=O) groups excluding carboxylic acids is 2. The summed E-state index contributed by atoms with van der Waals surface area (Å²) in [7, 11) is 0. The summed E-state index contributed by atoms with van der Waals surface area (Å²) in [5.41, 5.74) is 3.26. The van der Waals surface area contributed by atoms with E-state index in [-0.39, 0.29) is 12.5 Å². The van der Waals surface area contributed by atoms with Crippen molar-refractivity contribution < 1.29 is 19.1 Å². The van der Waals surface area contributed by atoms with Crippen molar-refractivity contribution in [1.29, 1.82) is 0 Å². The Morgan fingerprint density at radius 2 is 1.65 bits per heavy atom. The quantitative estimate of drug-likeness (QED) is 0.633. The Hall–Kier alpha value is -3.02. The van der Waals surface area contributed by atoms with E-state index >= 15 is 0 Å². The maximum Gasteiger partial charge on any atom is 0.344 e. The summed E-state index contributed by atoms with van der Waals surface area (Å²) in [5.74, 6) is 0.325. The molecule has 166 valence electrons. The molecule has 6 nitrogen and oxygen atoms in total. The molecular formula is C25H32N2O4. The fourth-order valence-corrected chi connectivity index (χ4v) is 3.63. The van der Waals surface area contributed by atoms with Crippen LogP contribution in [-0.4, -0.2) is 55.7 Å². The number of nitrogens with zero attached hydrogens (tertiary/aromatic N) is 2. The van der Waals surface area contributed by atoms with Crippen molar-refractivity contribution >= 4 is 17.6 Å². The molecule has 0 unspecified atom stereocenters. The molecule has 1 aliphatic rings. The zero-order valence-corrected chi connectivity index (χ0v) is 18.8. The van der Waals surface area contributed by atoms with Gasteiger partial charge in [0.1, 0.15) is 5.75 Å². The molecule has 0 aliphatic carbocycles. The molecule has 31 heavy (non-hydrogen) atoms. The molecule has 1 amide bonds. The lowest BCUT2D eigenvalue weighted by atomic mass is 10.0. The van der Waals surface area contributed by atoms with Crippen molar-refractivity contribution in [1.82, 2.24) is 4.90 Å². The van der Waals surface area contributed by atoms with E-state index in [0.29, 0.717) is 24.8 Å². The first-order valence-corrected chi connectivity index (χ1v) is 10.9. The molecule has 1 aliphatic heterocycles. The Morgan fingerprint density at radius 3 is 2.29 bits per heavy atom. The van der Waals surface area contributed by atoms with Gasteiger partial charge in [0.15, 0.2) is 12.7 Å². The van der Waals surface area contributed by atoms with E-state index in [1.54, 1.807) is 11.8 Å². The van der Waals surface area contributed by atoms with Crippen LogP contribution in [0.5, 0.6) is 5.75 Å². The molecule has 1 atom stereocenters. The fraction of sp³-hybridized carbons (Fsp3) is 0.440. The predicted octanol–water partition coefficient (Wildman–Crippen LogP) is 3.78. The highest BCUT2D eigenvalue weighted by Crippen LogP contribution is 2.24. The van der Waals surface area contributed by atoms with E-state index in [2.05, 4.69) is 36.9 Å². The maximum atomic E-state index is 12.7. The van der Waals surface area contributed by atoms with E-state index in [1.165, 1.54) is 0 Å². The minimum absolute atomic E-state index is 0.168. The second kappa shape index (κ2) is 10.3. The molecule has 0 N–H and O–H groups in total. The number of hydrogen-bond acceptors (Lipinski definition) is 5. The number of piperazine rings is 1. The van der Waals surface area contributed by atoms with Gasteiger partial charge in [0.2, 0.25) is 0 Å². The molecule has 1 saturated heterocycles. The predicted molar refractivity (Wildman–Crippen MR) is 122 cm³/mol. The van der Waals surface area contributed by atoms with Gasteiger partial charge in [0.05, 0.1) is 0 Å². The normalized spacial score (nSPS) is 15.0. The van der Waals surface area contributed by atoms with Crippen LogP contribution in [0.4, 0.5) is 5.69 Å². The van der Waals surface area contributed by atoms with Gasteiger partial charge in [-0.3, -0.25) is 4.79 Å². The standard InChI is InChI=1S/C25H32N2O4/c1-18(2)21-11-10-19(3)23(16-21)30-17-24(28)31-20(4)25(29)27-14-12-26(13-15-27)22-8-6-5-7-9-22/h5-11,16,18,20H,12-15,17H2,1-4H3/t20-/m1/s1. The summed E-state index contributed by atoms with van der Waals surface area (Å²) in [5, 5.41) is 0. The first-order chi connectivity index (χ1) is 14.8.